The molecule has 2 aromatic rings. The first-order valence-electron chi connectivity index (χ1n) is 7.47. The molecule has 2 heterocycles. The molecule has 1 aliphatic rings. The lowest BCUT2D eigenvalue weighted by Gasteiger charge is -2.23. The third-order valence-electron chi connectivity index (χ3n) is 4.01. The van der Waals surface area contributed by atoms with Crippen molar-refractivity contribution in [2.24, 2.45) is 0 Å². The number of rotatable bonds is 2. The zero-order valence-electron chi connectivity index (χ0n) is 12.5. The minimum atomic E-state index is -4.67. The third kappa shape index (κ3) is 3.56. The van der Waals surface area contributed by atoms with E-state index in [2.05, 4.69) is 4.98 Å². The van der Waals surface area contributed by atoms with Gasteiger partial charge in [0.2, 0.25) is 0 Å². The molecule has 2 nitrogen and oxygen atoms in total. The fourth-order valence-electron chi connectivity index (χ4n) is 2.77. The van der Waals surface area contributed by atoms with E-state index in [9.17, 15) is 22.0 Å². The minimum absolute atomic E-state index is 0.0317. The van der Waals surface area contributed by atoms with Crippen molar-refractivity contribution in [3.8, 4) is 11.1 Å². The highest BCUT2D eigenvalue weighted by atomic mass is 19.4. The van der Waals surface area contributed by atoms with Crippen molar-refractivity contribution in [2.75, 3.05) is 13.2 Å². The summed E-state index contributed by atoms with van der Waals surface area (Å²) in [5.41, 5.74) is -1.12. The highest BCUT2D eigenvalue weighted by molar-refractivity contribution is 5.65. The number of nitrogens with zero attached hydrogens (tertiary/aromatic N) is 1. The van der Waals surface area contributed by atoms with Crippen molar-refractivity contribution in [3.63, 3.8) is 0 Å². The first kappa shape index (κ1) is 16.8. The molecule has 7 heteroatoms. The zero-order valence-corrected chi connectivity index (χ0v) is 12.5. The molecule has 1 aliphatic heterocycles. The van der Waals surface area contributed by atoms with Gasteiger partial charge in [0, 0.05) is 30.4 Å². The van der Waals surface area contributed by atoms with Gasteiger partial charge in [0.15, 0.2) is 0 Å². The standard InChI is InChI=1S/C17H14F5NO/c18-12-1-2-14(19)13(9-12)11-7-15(10-3-5-24-6-4-10)23-16(8-11)17(20,21)22/h1-2,7-10H,3-6H2. The van der Waals surface area contributed by atoms with E-state index >= 15 is 0 Å². The van der Waals surface area contributed by atoms with Crippen LogP contribution in [0.4, 0.5) is 22.0 Å². The molecule has 0 bridgehead atoms. The zero-order chi connectivity index (χ0) is 17.3. The van der Waals surface area contributed by atoms with Crippen molar-refractivity contribution >= 4 is 0 Å². The summed E-state index contributed by atoms with van der Waals surface area (Å²) in [7, 11) is 0. The van der Waals surface area contributed by atoms with E-state index in [1.54, 1.807) is 0 Å². The third-order valence-corrected chi connectivity index (χ3v) is 4.01. The molecule has 0 aliphatic carbocycles. The smallest absolute Gasteiger partial charge is 0.381 e. The van der Waals surface area contributed by atoms with Crippen molar-refractivity contribution in [2.45, 2.75) is 24.9 Å². The summed E-state index contributed by atoms with van der Waals surface area (Å²) < 4.78 is 72.0. The Morgan fingerprint density at radius 3 is 2.38 bits per heavy atom. The minimum Gasteiger partial charge on any atom is -0.381 e. The number of benzene rings is 1. The molecule has 3 rings (SSSR count). The Kier molecular flexibility index (Phi) is 4.54. The van der Waals surface area contributed by atoms with Crippen LogP contribution in [0.1, 0.15) is 30.1 Å². The maximum Gasteiger partial charge on any atom is 0.433 e. The van der Waals surface area contributed by atoms with E-state index in [4.69, 9.17) is 4.74 Å². The van der Waals surface area contributed by atoms with Crippen molar-refractivity contribution < 1.29 is 26.7 Å². The largest absolute Gasteiger partial charge is 0.433 e. The lowest BCUT2D eigenvalue weighted by molar-refractivity contribution is -0.141. The van der Waals surface area contributed by atoms with Gasteiger partial charge in [-0.25, -0.2) is 13.8 Å². The van der Waals surface area contributed by atoms with Crippen molar-refractivity contribution in [1.82, 2.24) is 4.98 Å². The van der Waals surface area contributed by atoms with E-state index in [1.165, 1.54) is 6.07 Å². The van der Waals surface area contributed by atoms with E-state index < -0.39 is 23.5 Å². The van der Waals surface area contributed by atoms with Gasteiger partial charge in [-0.3, -0.25) is 0 Å². The molecule has 128 valence electrons. The Bertz CT molecular complexity index is 738. The number of halogens is 5. The predicted molar refractivity (Wildman–Crippen MR) is 77.4 cm³/mol. The normalized spacial score (nSPS) is 16.4. The lowest BCUT2D eigenvalue weighted by atomic mass is 9.93. The van der Waals surface area contributed by atoms with Gasteiger partial charge in [-0.05, 0) is 48.7 Å². The van der Waals surface area contributed by atoms with Gasteiger partial charge in [0.1, 0.15) is 17.3 Å². The summed E-state index contributed by atoms with van der Waals surface area (Å²) in [6.45, 7) is 0.874. The topological polar surface area (TPSA) is 22.1 Å². The molecular formula is C17H14F5NO. The first-order valence-corrected chi connectivity index (χ1v) is 7.47. The molecule has 0 N–H and O–H groups in total. The average Bonchev–Trinajstić information content (AvgIpc) is 2.56. The van der Waals surface area contributed by atoms with Crippen molar-refractivity contribution in [1.29, 1.82) is 0 Å². The summed E-state index contributed by atoms with van der Waals surface area (Å²) in [6, 6.07) is 4.86. The molecule has 0 amide bonds. The first-order chi connectivity index (χ1) is 11.3. The average molecular weight is 343 g/mol. The van der Waals surface area contributed by atoms with Gasteiger partial charge < -0.3 is 4.74 Å². The van der Waals surface area contributed by atoms with Crippen LogP contribution in [0, 0.1) is 11.6 Å². The van der Waals surface area contributed by atoms with Crippen LogP contribution < -0.4 is 0 Å². The Balaban J connectivity index is 2.12. The Labute approximate surface area is 135 Å². The molecular weight excluding hydrogens is 329 g/mol. The Morgan fingerprint density at radius 2 is 1.71 bits per heavy atom. The number of pyridine rings is 1. The van der Waals surface area contributed by atoms with E-state index in [0.717, 1.165) is 24.3 Å². The Hall–Kier alpha value is -2.02. The number of aromatic nitrogens is 1. The highest BCUT2D eigenvalue weighted by Crippen LogP contribution is 2.35. The number of alkyl halides is 3. The highest BCUT2D eigenvalue weighted by Gasteiger charge is 2.34. The predicted octanol–water partition coefficient (Wildman–Crippen LogP) is 4.94. The van der Waals surface area contributed by atoms with Crippen LogP contribution in [0.5, 0.6) is 0 Å². The van der Waals surface area contributed by atoms with Crippen LogP contribution in [0.2, 0.25) is 0 Å². The fourth-order valence-corrected chi connectivity index (χ4v) is 2.77. The molecule has 1 saturated heterocycles. The monoisotopic (exact) mass is 343 g/mol. The van der Waals surface area contributed by atoms with E-state index in [1.807, 2.05) is 0 Å². The molecule has 0 unspecified atom stereocenters. The second kappa shape index (κ2) is 6.47. The van der Waals surface area contributed by atoms with Crippen molar-refractivity contribution in [3.05, 3.63) is 53.4 Å². The fraction of sp³-hybridized carbons (Fsp3) is 0.353. The summed E-state index contributed by atoms with van der Waals surface area (Å²) >= 11 is 0. The van der Waals surface area contributed by atoms with Crippen LogP contribution in [0.3, 0.4) is 0 Å². The molecule has 1 fully saturated rings. The SMILES string of the molecule is Fc1ccc(F)c(-c2cc(C3CCOCC3)nc(C(F)(F)F)c2)c1. The molecule has 0 radical (unpaired) electrons. The van der Waals surface area contributed by atoms with Crippen LogP contribution in [0.15, 0.2) is 30.3 Å². The van der Waals surface area contributed by atoms with E-state index in [0.29, 0.717) is 26.1 Å². The van der Waals surface area contributed by atoms with E-state index in [-0.39, 0.29) is 22.7 Å². The van der Waals surface area contributed by atoms with Crippen LogP contribution in [-0.2, 0) is 10.9 Å². The molecule has 24 heavy (non-hydrogen) atoms. The maximum absolute atomic E-state index is 14.0. The number of ether oxygens (including phenoxy) is 1. The van der Waals surface area contributed by atoms with Gasteiger partial charge in [-0.15, -0.1) is 0 Å². The van der Waals surface area contributed by atoms with Gasteiger partial charge in [0.05, 0.1) is 0 Å². The molecule has 0 saturated carbocycles. The summed E-state index contributed by atoms with van der Waals surface area (Å²) in [4.78, 5) is 3.71. The van der Waals surface area contributed by atoms with Crippen LogP contribution in [0.25, 0.3) is 11.1 Å². The molecule has 0 atom stereocenters. The second-order valence-corrected chi connectivity index (χ2v) is 5.67. The number of hydrogen-bond donors (Lipinski definition) is 0. The van der Waals surface area contributed by atoms with Gasteiger partial charge in [-0.1, -0.05) is 0 Å². The Morgan fingerprint density at radius 1 is 1.00 bits per heavy atom. The van der Waals surface area contributed by atoms with Gasteiger partial charge >= 0.3 is 6.18 Å². The van der Waals surface area contributed by atoms with Gasteiger partial charge in [0.25, 0.3) is 0 Å². The summed E-state index contributed by atoms with van der Waals surface area (Å²) in [6.07, 6.45) is -3.58. The second-order valence-electron chi connectivity index (χ2n) is 5.67. The molecule has 1 aromatic heterocycles. The van der Waals surface area contributed by atoms with Gasteiger partial charge in [-0.2, -0.15) is 13.2 Å². The van der Waals surface area contributed by atoms with Crippen LogP contribution in [-0.4, -0.2) is 18.2 Å². The van der Waals surface area contributed by atoms with Crippen LogP contribution >= 0.6 is 0 Å². The quantitative estimate of drug-likeness (QED) is 0.721. The molecule has 1 aromatic carbocycles. The lowest BCUT2D eigenvalue weighted by Crippen LogP contribution is -2.17. The number of hydrogen-bond acceptors (Lipinski definition) is 2. The summed E-state index contributed by atoms with van der Waals surface area (Å²) in [5.74, 6) is -1.70. The molecule has 0 spiro atoms. The summed E-state index contributed by atoms with van der Waals surface area (Å²) in [5, 5.41) is 0. The maximum atomic E-state index is 14.0.